The van der Waals surface area contributed by atoms with E-state index in [2.05, 4.69) is 10.2 Å². The van der Waals surface area contributed by atoms with Crippen molar-refractivity contribution in [1.82, 2.24) is 5.32 Å². The number of hydrogen-bond acceptors (Lipinski definition) is 6. The van der Waals surface area contributed by atoms with Gasteiger partial charge in [0.1, 0.15) is 18.2 Å². The summed E-state index contributed by atoms with van der Waals surface area (Å²) in [6.07, 6.45) is -1.25. The number of carboxylic acid groups (broad SMARTS) is 1. The molecule has 0 spiro atoms. The summed E-state index contributed by atoms with van der Waals surface area (Å²) in [7, 11) is 0. The highest BCUT2D eigenvalue weighted by Crippen LogP contribution is 2.08. The second-order valence-corrected chi connectivity index (χ2v) is 6.28. The van der Waals surface area contributed by atoms with Gasteiger partial charge in [-0.3, -0.25) is 4.89 Å². The molecule has 1 aromatic rings. The van der Waals surface area contributed by atoms with Crippen LogP contribution in [0.15, 0.2) is 30.3 Å². The van der Waals surface area contributed by atoms with Crippen molar-refractivity contribution in [3.05, 3.63) is 35.9 Å². The number of benzene rings is 1. The molecule has 1 aromatic carbocycles. The van der Waals surface area contributed by atoms with Crippen LogP contribution in [0.2, 0.25) is 0 Å². The van der Waals surface area contributed by atoms with Crippen LogP contribution in [0.3, 0.4) is 0 Å². The third-order valence-corrected chi connectivity index (χ3v) is 2.85. The van der Waals surface area contributed by atoms with E-state index in [1.54, 1.807) is 32.9 Å². The van der Waals surface area contributed by atoms with Crippen molar-refractivity contribution in [2.24, 2.45) is 0 Å². The molecular formula is C17H23NO7. The average Bonchev–Trinajstić information content (AvgIpc) is 2.50. The summed E-state index contributed by atoms with van der Waals surface area (Å²) in [6.45, 7) is 5.06. The summed E-state index contributed by atoms with van der Waals surface area (Å²) in [5.41, 5.74) is 0.0717. The molecule has 0 aliphatic heterocycles. The van der Waals surface area contributed by atoms with Crippen molar-refractivity contribution in [1.29, 1.82) is 0 Å². The molecule has 0 saturated heterocycles. The predicted octanol–water partition coefficient (Wildman–Crippen LogP) is 2.42. The SMILES string of the molecule is CC(C)(C)OC(=O)N[C@@H](CCC(=O)OOCc1ccccc1)C(=O)O. The fourth-order valence-electron chi connectivity index (χ4n) is 1.75. The standard InChI is InChI=1S/C17H23NO7/c1-17(2,3)24-16(22)18-13(15(20)21)9-10-14(19)25-23-11-12-7-5-4-6-8-12/h4-8,13H,9-11H2,1-3H3,(H,18,22)(H,20,21)/t13-/m0/s1. The minimum atomic E-state index is -1.27. The smallest absolute Gasteiger partial charge is 0.408 e. The Morgan fingerprint density at radius 3 is 2.36 bits per heavy atom. The minimum Gasteiger partial charge on any atom is -0.480 e. The van der Waals surface area contributed by atoms with E-state index in [0.29, 0.717) is 0 Å². The quantitative estimate of drug-likeness (QED) is 0.545. The number of carbonyl (C=O) groups is 3. The van der Waals surface area contributed by atoms with Gasteiger partial charge < -0.3 is 15.2 Å². The monoisotopic (exact) mass is 353 g/mol. The summed E-state index contributed by atoms with van der Waals surface area (Å²) in [6, 6.07) is 7.83. The zero-order valence-corrected chi connectivity index (χ0v) is 14.5. The van der Waals surface area contributed by atoms with Crippen LogP contribution in [0.5, 0.6) is 0 Å². The molecule has 1 amide bonds. The Labute approximate surface area is 146 Å². The second-order valence-electron chi connectivity index (χ2n) is 6.28. The first kappa shape index (κ1) is 20.4. The average molecular weight is 353 g/mol. The lowest BCUT2D eigenvalue weighted by Gasteiger charge is -2.21. The molecule has 138 valence electrons. The summed E-state index contributed by atoms with van der Waals surface area (Å²) in [5.74, 6) is -2.00. The molecule has 8 nitrogen and oxygen atoms in total. The van der Waals surface area contributed by atoms with Gasteiger partial charge in [0, 0.05) is 0 Å². The van der Waals surface area contributed by atoms with E-state index in [1.165, 1.54) is 0 Å². The van der Waals surface area contributed by atoms with E-state index in [4.69, 9.17) is 14.7 Å². The Morgan fingerprint density at radius 1 is 1.16 bits per heavy atom. The first-order valence-corrected chi connectivity index (χ1v) is 7.76. The Hall–Kier alpha value is -2.61. The maximum absolute atomic E-state index is 11.6. The van der Waals surface area contributed by atoms with Crippen molar-refractivity contribution in [2.75, 3.05) is 0 Å². The predicted molar refractivity (Wildman–Crippen MR) is 87.4 cm³/mol. The van der Waals surface area contributed by atoms with Crippen molar-refractivity contribution in [2.45, 2.75) is 51.9 Å². The Bertz CT molecular complexity index is 580. The zero-order chi connectivity index (χ0) is 18.9. The van der Waals surface area contributed by atoms with Gasteiger partial charge in [-0.05, 0) is 32.8 Å². The van der Waals surface area contributed by atoms with E-state index in [0.717, 1.165) is 5.56 Å². The van der Waals surface area contributed by atoms with Gasteiger partial charge in [-0.2, -0.15) is 4.89 Å². The van der Waals surface area contributed by atoms with E-state index < -0.39 is 29.7 Å². The van der Waals surface area contributed by atoms with Gasteiger partial charge >= 0.3 is 18.0 Å². The Morgan fingerprint density at radius 2 is 1.80 bits per heavy atom. The summed E-state index contributed by atoms with van der Waals surface area (Å²) < 4.78 is 4.98. The lowest BCUT2D eigenvalue weighted by atomic mass is 10.1. The molecule has 0 bridgehead atoms. The third kappa shape index (κ3) is 9.31. The lowest BCUT2D eigenvalue weighted by Crippen LogP contribution is -2.43. The van der Waals surface area contributed by atoms with Gasteiger partial charge in [-0.25, -0.2) is 14.4 Å². The zero-order valence-electron chi connectivity index (χ0n) is 14.5. The van der Waals surface area contributed by atoms with Crippen molar-refractivity contribution < 1.29 is 34.0 Å². The van der Waals surface area contributed by atoms with Gasteiger partial charge in [0.15, 0.2) is 0 Å². The molecule has 1 rings (SSSR count). The van der Waals surface area contributed by atoms with Crippen LogP contribution >= 0.6 is 0 Å². The van der Waals surface area contributed by atoms with Crippen LogP contribution in [-0.2, 0) is 30.7 Å². The molecule has 1 atom stereocenters. The number of carboxylic acids is 1. The number of hydrogen-bond donors (Lipinski definition) is 2. The van der Waals surface area contributed by atoms with Crippen LogP contribution in [0.1, 0.15) is 39.2 Å². The summed E-state index contributed by atoms with van der Waals surface area (Å²) in [4.78, 5) is 43.8. The van der Waals surface area contributed by atoms with Crippen LogP contribution in [0, 0.1) is 0 Å². The largest absolute Gasteiger partial charge is 0.480 e. The number of amides is 1. The normalized spacial score (nSPS) is 12.1. The first-order chi connectivity index (χ1) is 11.7. The minimum absolute atomic E-state index is 0.0884. The van der Waals surface area contributed by atoms with Crippen LogP contribution in [-0.4, -0.2) is 34.8 Å². The fourth-order valence-corrected chi connectivity index (χ4v) is 1.75. The Balaban J connectivity index is 2.34. The maximum atomic E-state index is 11.6. The van der Waals surface area contributed by atoms with Crippen molar-refractivity contribution >= 4 is 18.0 Å². The number of alkyl carbamates (subject to hydrolysis) is 1. The van der Waals surface area contributed by atoms with Gasteiger partial charge in [0.05, 0.1) is 6.42 Å². The number of nitrogens with one attached hydrogen (secondary N) is 1. The molecule has 8 heteroatoms. The lowest BCUT2D eigenvalue weighted by molar-refractivity contribution is -0.280. The molecule has 0 heterocycles. The van der Waals surface area contributed by atoms with E-state index in [1.807, 2.05) is 18.2 Å². The molecular weight excluding hydrogens is 330 g/mol. The second kappa shape index (κ2) is 9.63. The van der Waals surface area contributed by atoms with Gasteiger partial charge in [-0.1, -0.05) is 30.3 Å². The van der Waals surface area contributed by atoms with E-state index >= 15 is 0 Å². The van der Waals surface area contributed by atoms with Crippen LogP contribution in [0.25, 0.3) is 0 Å². The van der Waals surface area contributed by atoms with Crippen molar-refractivity contribution in [3.63, 3.8) is 0 Å². The molecule has 0 saturated carbocycles. The summed E-state index contributed by atoms with van der Waals surface area (Å²) in [5, 5.41) is 11.3. The molecule has 0 aliphatic rings. The number of aliphatic carboxylic acids is 1. The highest BCUT2D eigenvalue weighted by atomic mass is 17.2. The van der Waals surface area contributed by atoms with Crippen LogP contribution in [0.4, 0.5) is 4.79 Å². The summed E-state index contributed by atoms with van der Waals surface area (Å²) >= 11 is 0. The van der Waals surface area contributed by atoms with Gasteiger partial charge in [-0.15, -0.1) is 0 Å². The maximum Gasteiger partial charge on any atom is 0.408 e. The van der Waals surface area contributed by atoms with E-state index in [9.17, 15) is 14.4 Å². The number of ether oxygens (including phenoxy) is 1. The molecule has 25 heavy (non-hydrogen) atoms. The molecule has 0 aromatic heterocycles. The molecule has 2 N–H and O–H groups in total. The molecule has 0 unspecified atom stereocenters. The molecule has 0 fully saturated rings. The number of rotatable bonds is 8. The topological polar surface area (TPSA) is 111 Å². The van der Waals surface area contributed by atoms with Crippen LogP contribution < -0.4 is 5.32 Å². The third-order valence-electron chi connectivity index (χ3n) is 2.85. The Kier molecular flexibility index (Phi) is 7.87. The fraction of sp³-hybridized carbons (Fsp3) is 0.471. The van der Waals surface area contributed by atoms with E-state index in [-0.39, 0.29) is 19.4 Å². The van der Waals surface area contributed by atoms with Gasteiger partial charge in [0.2, 0.25) is 0 Å². The highest BCUT2D eigenvalue weighted by molar-refractivity contribution is 5.80. The van der Waals surface area contributed by atoms with Crippen molar-refractivity contribution in [3.8, 4) is 0 Å². The molecule has 0 aliphatic carbocycles. The number of carbonyl (C=O) groups excluding carboxylic acids is 2. The highest BCUT2D eigenvalue weighted by Gasteiger charge is 2.25. The van der Waals surface area contributed by atoms with Gasteiger partial charge in [0.25, 0.3) is 0 Å². The molecule has 0 radical (unpaired) electrons. The first-order valence-electron chi connectivity index (χ1n) is 7.76.